The van der Waals surface area contributed by atoms with Crippen LogP contribution in [0, 0.1) is 4.84 Å². The van der Waals surface area contributed by atoms with Gasteiger partial charge in [0, 0.05) is 19.5 Å². The molecule has 0 saturated heterocycles. The molecule has 1 aromatic heterocycles. The van der Waals surface area contributed by atoms with E-state index >= 15 is 0 Å². The van der Waals surface area contributed by atoms with E-state index in [1.54, 1.807) is 14.2 Å². The van der Waals surface area contributed by atoms with Crippen LogP contribution in [-0.2, 0) is 17.8 Å². The monoisotopic (exact) mass is 412 g/mol. The minimum Gasteiger partial charge on any atom is -0.493 e. The molecule has 2 aromatic carbocycles. The predicted molar refractivity (Wildman–Crippen MR) is 113 cm³/mol. The number of carbonyl (C=O) groups excluding carboxylic acids is 1. The Morgan fingerprint density at radius 3 is 2.69 bits per heavy atom. The Morgan fingerprint density at radius 2 is 1.93 bits per heavy atom. The van der Waals surface area contributed by atoms with E-state index in [0.717, 1.165) is 28.8 Å². The van der Waals surface area contributed by atoms with Gasteiger partial charge >= 0.3 is 0 Å². The highest BCUT2D eigenvalue weighted by Gasteiger charge is 2.29. The minimum absolute atomic E-state index is 0.0277. The number of benzene rings is 2. The lowest BCUT2D eigenvalue weighted by molar-refractivity contribution is -0.134. The number of aryl methyl sites for hydroxylation is 1. The summed E-state index contributed by atoms with van der Waals surface area (Å²) in [6.45, 7) is 3.23. The molecular weight excluding hydrogens is 388 g/mol. The van der Waals surface area contributed by atoms with E-state index < -0.39 is 0 Å². The van der Waals surface area contributed by atoms with Gasteiger partial charge in [0.25, 0.3) is 4.84 Å². The van der Waals surface area contributed by atoms with E-state index in [1.807, 2.05) is 45.9 Å². The number of para-hydroxylation sites is 2. The highest BCUT2D eigenvalue weighted by atomic mass is 32.1. The number of rotatable bonds is 5. The molecule has 1 unspecified atom stereocenters. The highest BCUT2D eigenvalue weighted by molar-refractivity contribution is 7.71. The van der Waals surface area contributed by atoms with Crippen LogP contribution < -0.4 is 9.47 Å². The number of amides is 1. The summed E-state index contributed by atoms with van der Waals surface area (Å²) in [6.07, 6.45) is 1.16. The Balaban J connectivity index is 1.53. The van der Waals surface area contributed by atoms with Gasteiger partial charge in [0.2, 0.25) is 5.91 Å². The molecular formula is C22H24N2O4S. The molecule has 4 rings (SSSR count). The summed E-state index contributed by atoms with van der Waals surface area (Å²) in [5, 5.41) is 0. The van der Waals surface area contributed by atoms with Crippen LogP contribution in [-0.4, -0.2) is 36.1 Å². The van der Waals surface area contributed by atoms with Gasteiger partial charge in [0.1, 0.15) is 0 Å². The summed E-state index contributed by atoms with van der Waals surface area (Å²) in [5.74, 6) is 1.51. The van der Waals surface area contributed by atoms with Crippen LogP contribution in [0.15, 0.2) is 40.8 Å². The number of aromatic nitrogens is 1. The average molecular weight is 413 g/mol. The van der Waals surface area contributed by atoms with Crippen LogP contribution in [0.1, 0.15) is 30.5 Å². The maximum absolute atomic E-state index is 13.0. The number of hydrogen-bond acceptors (Lipinski definition) is 5. The molecule has 1 aliphatic rings. The summed E-state index contributed by atoms with van der Waals surface area (Å²) in [7, 11) is 3.26. The van der Waals surface area contributed by atoms with Crippen molar-refractivity contribution in [1.82, 2.24) is 9.47 Å². The van der Waals surface area contributed by atoms with Crippen LogP contribution in [0.25, 0.3) is 11.1 Å². The maximum Gasteiger partial charge on any atom is 0.269 e. The van der Waals surface area contributed by atoms with Crippen LogP contribution in [0.3, 0.4) is 0 Å². The van der Waals surface area contributed by atoms with Gasteiger partial charge in [-0.25, -0.2) is 0 Å². The van der Waals surface area contributed by atoms with Gasteiger partial charge in [-0.05, 0) is 61.0 Å². The molecule has 152 valence electrons. The average Bonchev–Trinajstić information content (AvgIpc) is 3.06. The number of fused-ring (bicyclic) bond motifs is 2. The third-order valence-electron chi connectivity index (χ3n) is 5.63. The second-order valence-electron chi connectivity index (χ2n) is 7.16. The molecule has 0 radical (unpaired) electrons. The van der Waals surface area contributed by atoms with Crippen molar-refractivity contribution in [3.63, 3.8) is 0 Å². The lowest BCUT2D eigenvalue weighted by Gasteiger charge is -2.36. The van der Waals surface area contributed by atoms with E-state index in [4.69, 9.17) is 26.1 Å². The van der Waals surface area contributed by atoms with Crippen molar-refractivity contribution in [3.05, 3.63) is 52.4 Å². The van der Waals surface area contributed by atoms with Crippen molar-refractivity contribution in [3.8, 4) is 11.5 Å². The number of hydrogen-bond donors (Lipinski definition) is 0. The lowest BCUT2D eigenvalue weighted by atomic mass is 9.92. The molecule has 0 bridgehead atoms. The summed E-state index contributed by atoms with van der Waals surface area (Å²) >= 11 is 5.33. The number of methoxy groups -OCH3 is 2. The van der Waals surface area contributed by atoms with Gasteiger partial charge in [-0.3, -0.25) is 9.36 Å². The minimum atomic E-state index is -0.0277. The topological polar surface area (TPSA) is 56.8 Å². The van der Waals surface area contributed by atoms with Gasteiger partial charge in [0.05, 0.1) is 25.8 Å². The maximum atomic E-state index is 13.0. The first-order valence-electron chi connectivity index (χ1n) is 9.66. The summed E-state index contributed by atoms with van der Waals surface area (Å²) in [6, 6.07) is 11.7. The Morgan fingerprint density at radius 1 is 1.21 bits per heavy atom. The van der Waals surface area contributed by atoms with Crippen molar-refractivity contribution in [2.75, 3.05) is 20.8 Å². The molecule has 1 aliphatic heterocycles. The molecule has 7 heteroatoms. The summed E-state index contributed by atoms with van der Waals surface area (Å²) < 4.78 is 18.4. The van der Waals surface area contributed by atoms with Crippen molar-refractivity contribution >= 4 is 29.2 Å². The summed E-state index contributed by atoms with van der Waals surface area (Å²) in [5.41, 5.74) is 3.96. The summed E-state index contributed by atoms with van der Waals surface area (Å²) in [4.78, 5) is 15.4. The number of oxazole rings is 1. The lowest BCUT2D eigenvalue weighted by Crippen LogP contribution is -2.39. The van der Waals surface area contributed by atoms with E-state index in [1.165, 1.54) is 5.56 Å². The number of carbonyl (C=O) groups is 1. The highest BCUT2D eigenvalue weighted by Crippen LogP contribution is 2.38. The molecule has 3 aromatic rings. The van der Waals surface area contributed by atoms with E-state index in [0.29, 0.717) is 30.1 Å². The second-order valence-corrected chi connectivity index (χ2v) is 7.51. The van der Waals surface area contributed by atoms with Crippen molar-refractivity contribution in [1.29, 1.82) is 0 Å². The van der Waals surface area contributed by atoms with E-state index in [9.17, 15) is 4.79 Å². The van der Waals surface area contributed by atoms with E-state index in [-0.39, 0.29) is 11.9 Å². The second kappa shape index (κ2) is 7.91. The first-order chi connectivity index (χ1) is 14.0. The molecule has 1 amide bonds. The largest absolute Gasteiger partial charge is 0.493 e. The normalized spacial score (nSPS) is 16.0. The molecule has 0 saturated carbocycles. The fourth-order valence-corrected chi connectivity index (χ4v) is 4.34. The Kier molecular flexibility index (Phi) is 5.32. The molecule has 0 aliphatic carbocycles. The van der Waals surface area contributed by atoms with Gasteiger partial charge in [-0.15, -0.1) is 0 Å². The quantitative estimate of drug-likeness (QED) is 0.577. The number of nitrogens with zero attached hydrogens (tertiary/aromatic N) is 2. The molecule has 1 atom stereocenters. The molecule has 0 fully saturated rings. The molecule has 2 heterocycles. The van der Waals surface area contributed by atoms with Gasteiger partial charge < -0.3 is 18.8 Å². The van der Waals surface area contributed by atoms with Crippen molar-refractivity contribution in [2.45, 2.75) is 32.4 Å². The smallest absolute Gasteiger partial charge is 0.269 e. The Bertz CT molecular complexity index is 1120. The fraction of sp³-hybridized carbons (Fsp3) is 0.364. The van der Waals surface area contributed by atoms with Crippen LogP contribution in [0.2, 0.25) is 0 Å². The zero-order chi connectivity index (χ0) is 20.5. The first-order valence-corrected chi connectivity index (χ1v) is 10.1. The molecule has 29 heavy (non-hydrogen) atoms. The predicted octanol–water partition coefficient (Wildman–Crippen LogP) is 4.52. The van der Waals surface area contributed by atoms with Gasteiger partial charge in [0.15, 0.2) is 17.1 Å². The zero-order valence-corrected chi connectivity index (χ0v) is 17.6. The molecule has 0 N–H and O–H groups in total. The fourth-order valence-electron chi connectivity index (χ4n) is 4.06. The van der Waals surface area contributed by atoms with Crippen LogP contribution in [0.5, 0.6) is 11.5 Å². The van der Waals surface area contributed by atoms with Gasteiger partial charge in [-0.1, -0.05) is 12.1 Å². The van der Waals surface area contributed by atoms with Crippen LogP contribution in [0.4, 0.5) is 0 Å². The van der Waals surface area contributed by atoms with Crippen LogP contribution >= 0.6 is 12.2 Å². The third kappa shape index (κ3) is 3.51. The first kappa shape index (κ1) is 19.5. The Labute approximate surface area is 174 Å². The van der Waals surface area contributed by atoms with Crippen molar-refractivity contribution in [2.24, 2.45) is 0 Å². The van der Waals surface area contributed by atoms with Crippen molar-refractivity contribution < 1.29 is 18.7 Å². The molecule has 6 nitrogen and oxygen atoms in total. The SMILES string of the molecule is COc1cc2c(cc1OC)C(C)N(C(=O)CCn1c(=S)oc3ccccc31)CC2. The van der Waals surface area contributed by atoms with Gasteiger partial charge in [-0.2, -0.15) is 0 Å². The van der Waals surface area contributed by atoms with E-state index in [2.05, 4.69) is 6.92 Å². The zero-order valence-electron chi connectivity index (χ0n) is 16.8. The molecule has 0 spiro atoms. The number of ether oxygens (including phenoxy) is 2. The standard InChI is InChI=1S/C22H24N2O4S/c1-14-16-13-20(27-3)19(26-2)12-15(16)8-10-23(14)21(25)9-11-24-17-6-4-5-7-18(17)28-22(24)29/h4-7,12-14H,8-11H2,1-3H3. The third-order valence-corrected chi connectivity index (χ3v) is 5.93. The Hall–Kier alpha value is -2.80.